The third-order valence-corrected chi connectivity index (χ3v) is 7.32. The highest BCUT2D eigenvalue weighted by atomic mass is 19.1. The van der Waals surface area contributed by atoms with Crippen LogP contribution < -0.4 is 20.3 Å². The summed E-state index contributed by atoms with van der Waals surface area (Å²) in [6.45, 7) is 4.23. The van der Waals surface area contributed by atoms with Crippen LogP contribution in [0.5, 0.6) is 11.5 Å². The SMILES string of the molecule is O=c1ccc2ccc(F)c3c2n1C[C@H]3CN1CCC(NCc2ccc3c(c2F)OCCO3)CC1. The van der Waals surface area contributed by atoms with Crippen molar-refractivity contribution in [3.8, 4) is 11.5 Å². The molecule has 6 rings (SSSR count). The van der Waals surface area contributed by atoms with Gasteiger partial charge in [-0.2, -0.15) is 0 Å². The number of hydrogen-bond donors (Lipinski definition) is 1. The number of likely N-dealkylation sites (tertiary alicyclic amines) is 1. The van der Waals surface area contributed by atoms with Crippen LogP contribution in [0.1, 0.15) is 29.9 Å². The van der Waals surface area contributed by atoms with Crippen molar-refractivity contribution in [1.82, 2.24) is 14.8 Å². The highest BCUT2D eigenvalue weighted by Gasteiger charge is 2.31. The van der Waals surface area contributed by atoms with Gasteiger partial charge in [0.25, 0.3) is 5.56 Å². The number of aromatic nitrogens is 1. The number of rotatable bonds is 5. The maximum atomic E-state index is 14.8. The fraction of sp³-hybridized carbons (Fsp3) is 0.423. The molecule has 1 N–H and O–H groups in total. The Kier molecular flexibility index (Phi) is 5.50. The first-order valence-electron chi connectivity index (χ1n) is 11.9. The average molecular weight is 468 g/mol. The summed E-state index contributed by atoms with van der Waals surface area (Å²) in [6.07, 6.45) is 1.86. The number of fused-ring (bicyclic) bond motifs is 1. The van der Waals surface area contributed by atoms with E-state index in [4.69, 9.17) is 9.47 Å². The van der Waals surface area contributed by atoms with Crippen LogP contribution in [-0.4, -0.2) is 48.4 Å². The van der Waals surface area contributed by atoms with Crippen LogP contribution in [0.4, 0.5) is 8.78 Å². The second kappa shape index (κ2) is 8.67. The lowest BCUT2D eigenvalue weighted by Crippen LogP contribution is -2.43. The van der Waals surface area contributed by atoms with Crippen LogP contribution in [0, 0.1) is 11.6 Å². The molecule has 1 atom stereocenters. The monoisotopic (exact) mass is 467 g/mol. The molecule has 3 aliphatic rings. The number of nitrogens with zero attached hydrogens (tertiary/aromatic N) is 2. The van der Waals surface area contributed by atoms with Gasteiger partial charge in [0.1, 0.15) is 19.0 Å². The van der Waals surface area contributed by atoms with Crippen molar-refractivity contribution >= 4 is 10.9 Å². The van der Waals surface area contributed by atoms with E-state index < -0.39 is 0 Å². The molecule has 1 fully saturated rings. The third kappa shape index (κ3) is 3.75. The molecule has 3 aromatic rings. The van der Waals surface area contributed by atoms with Gasteiger partial charge in [0.2, 0.25) is 0 Å². The molecule has 2 aromatic carbocycles. The van der Waals surface area contributed by atoms with E-state index in [1.54, 1.807) is 34.9 Å². The van der Waals surface area contributed by atoms with Crippen molar-refractivity contribution in [3.63, 3.8) is 0 Å². The van der Waals surface area contributed by atoms with Crippen LogP contribution in [0.3, 0.4) is 0 Å². The molecule has 8 heteroatoms. The predicted octanol–water partition coefficient (Wildman–Crippen LogP) is 3.40. The van der Waals surface area contributed by atoms with Gasteiger partial charge in [-0.15, -0.1) is 0 Å². The van der Waals surface area contributed by atoms with E-state index in [-0.39, 0.29) is 34.9 Å². The van der Waals surface area contributed by atoms with Crippen molar-refractivity contribution in [3.05, 3.63) is 69.5 Å². The van der Waals surface area contributed by atoms with Gasteiger partial charge < -0.3 is 24.3 Å². The van der Waals surface area contributed by atoms with Gasteiger partial charge in [0, 0.05) is 48.8 Å². The van der Waals surface area contributed by atoms with Crippen molar-refractivity contribution < 1.29 is 18.3 Å². The molecule has 1 saturated heterocycles. The lowest BCUT2D eigenvalue weighted by atomic mass is 9.96. The summed E-state index contributed by atoms with van der Waals surface area (Å²) in [5.74, 6) is 0.0559. The molecule has 6 nitrogen and oxygen atoms in total. The van der Waals surface area contributed by atoms with E-state index in [1.165, 1.54) is 6.07 Å². The quantitative estimate of drug-likeness (QED) is 0.624. The minimum atomic E-state index is -0.352. The van der Waals surface area contributed by atoms with E-state index in [9.17, 15) is 13.6 Å². The van der Waals surface area contributed by atoms with Gasteiger partial charge in [0.05, 0.1) is 5.52 Å². The number of halogens is 2. The smallest absolute Gasteiger partial charge is 0.251 e. The Morgan fingerprint density at radius 3 is 2.65 bits per heavy atom. The number of piperidine rings is 1. The van der Waals surface area contributed by atoms with Crippen molar-refractivity contribution in [1.29, 1.82) is 0 Å². The molecule has 178 valence electrons. The lowest BCUT2D eigenvalue weighted by molar-refractivity contribution is 0.163. The Balaban J connectivity index is 1.07. The highest BCUT2D eigenvalue weighted by molar-refractivity contribution is 5.84. The molecule has 1 aromatic heterocycles. The van der Waals surface area contributed by atoms with Crippen LogP contribution >= 0.6 is 0 Å². The minimum absolute atomic E-state index is 0.0323. The van der Waals surface area contributed by atoms with Crippen molar-refractivity contribution in [2.45, 2.75) is 37.9 Å². The minimum Gasteiger partial charge on any atom is -0.486 e. The number of hydrogen-bond acceptors (Lipinski definition) is 5. The summed E-state index contributed by atoms with van der Waals surface area (Å²) in [5.41, 5.74) is 1.92. The van der Waals surface area contributed by atoms with Gasteiger partial charge >= 0.3 is 0 Å². The Morgan fingerprint density at radius 1 is 1.00 bits per heavy atom. The van der Waals surface area contributed by atoms with Crippen LogP contribution in [0.25, 0.3) is 10.9 Å². The first kappa shape index (κ1) is 21.6. The molecule has 0 radical (unpaired) electrons. The Hall–Kier alpha value is -2.97. The maximum Gasteiger partial charge on any atom is 0.251 e. The highest BCUT2D eigenvalue weighted by Crippen LogP contribution is 2.36. The van der Waals surface area contributed by atoms with E-state index in [2.05, 4.69) is 10.2 Å². The van der Waals surface area contributed by atoms with Gasteiger partial charge in [-0.1, -0.05) is 6.07 Å². The normalized spacial score (nSPS) is 20.2. The fourth-order valence-corrected chi connectivity index (χ4v) is 5.57. The van der Waals surface area contributed by atoms with Crippen LogP contribution in [0.15, 0.2) is 41.2 Å². The number of pyridine rings is 1. The molecule has 0 bridgehead atoms. The number of ether oxygens (including phenoxy) is 2. The zero-order valence-electron chi connectivity index (χ0n) is 18.9. The summed E-state index contributed by atoms with van der Waals surface area (Å²) in [7, 11) is 0. The summed E-state index contributed by atoms with van der Waals surface area (Å²) < 4.78 is 42.1. The molecular formula is C26H27F2N3O3. The van der Waals surface area contributed by atoms with E-state index in [0.717, 1.165) is 43.4 Å². The Morgan fingerprint density at radius 2 is 1.79 bits per heavy atom. The molecule has 3 aliphatic heterocycles. The summed E-state index contributed by atoms with van der Waals surface area (Å²) in [6, 6.07) is 10.4. The van der Waals surface area contributed by atoms with Crippen LogP contribution in [0.2, 0.25) is 0 Å². The molecular weight excluding hydrogens is 440 g/mol. The predicted molar refractivity (Wildman–Crippen MR) is 125 cm³/mol. The number of benzene rings is 2. The summed E-state index contributed by atoms with van der Waals surface area (Å²) in [5, 5.41) is 4.39. The Bertz CT molecular complexity index is 1300. The zero-order chi connectivity index (χ0) is 23.2. The summed E-state index contributed by atoms with van der Waals surface area (Å²) >= 11 is 0. The van der Waals surface area contributed by atoms with Gasteiger partial charge in [-0.3, -0.25) is 4.79 Å². The molecule has 4 heterocycles. The van der Waals surface area contributed by atoms with E-state index >= 15 is 0 Å². The molecule has 34 heavy (non-hydrogen) atoms. The second-order valence-corrected chi connectivity index (χ2v) is 9.40. The topological polar surface area (TPSA) is 55.7 Å². The lowest BCUT2D eigenvalue weighted by Gasteiger charge is -2.34. The van der Waals surface area contributed by atoms with Gasteiger partial charge in [0.15, 0.2) is 17.3 Å². The Labute approximate surface area is 196 Å². The van der Waals surface area contributed by atoms with Crippen LogP contribution in [-0.2, 0) is 13.1 Å². The molecule has 0 aliphatic carbocycles. The summed E-state index contributed by atoms with van der Waals surface area (Å²) in [4.78, 5) is 14.7. The van der Waals surface area contributed by atoms with Gasteiger partial charge in [-0.05, 0) is 55.6 Å². The standard InChI is InChI=1S/C26H27F2N3O3/c27-20-4-1-16-3-6-22(32)31-15-18(23(20)25(16)31)14-30-9-7-19(8-10-30)29-13-17-2-5-21-26(24(17)28)34-12-11-33-21/h1-6,18-19,29H,7-15H2/t18-/m1/s1. The zero-order valence-corrected chi connectivity index (χ0v) is 18.9. The van der Waals surface area contributed by atoms with E-state index in [0.29, 0.717) is 43.2 Å². The van der Waals surface area contributed by atoms with Gasteiger partial charge in [-0.25, -0.2) is 8.78 Å². The molecule has 0 amide bonds. The fourth-order valence-electron chi connectivity index (χ4n) is 5.57. The largest absolute Gasteiger partial charge is 0.486 e. The third-order valence-electron chi connectivity index (χ3n) is 7.32. The number of nitrogens with one attached hydrogen (secondary N) is 1. The maximum absolute atomic E-state index is 14.8. The molecule has 0 spiro atoms. The average Bonchev–Trinajstić information content (AvgIpc) is 3.25. The first-order valence-corrected chi connectivity index (χ1v) is 11.9. The van der Waals surface area contributed by atoms with Crippen molar-refractivity contribution in [2.75, 3.05) is 32.8 Å². The molecule has 0 saturated carbocycles. The van der Waals surface area contributed by atoms with Crippen molar-refractivity contribution in [2.24, 2.45) is 0 Å². The first-order chi connectivity index (χ1) is 16.6. The molecule has 0 unspecified atom stereocenters. The second-order valence-electron chi connectivity index (χ2n) is 9.40. The van der Waals surface area contributed by atoms with E-state index in [1.807, 2.05) is 0 Å².